The second kappa shape index (κ2) is 1.01. The number of hydrogen-bond donors (Lipinski definition) is 2. The van der Waals surface area contributed by atoms with Crippen molar-refractivity contribution in [3.05, 3.63) is 12.5 Å². The number of anilines is 1. The number of nitrogens with two attached hydrogens (primary N) is 1. The van der Waals surface area contributed by atoms with Gasteiger partial charge in [0.05, 0.1) is 12.5 Å². The summed E-state index contributed by atoms with van der Waals surface area (Å²) >= 11 is 0. The van der Waals surface area contributed by atoms with Crippen LogP contribution in [0.1, 0.15) is 0 Å². The molecule has 3 heteroatoms. The summed E-state index contributed by atoms with van der Waals surface area (Å²) in [6, 6.07) is 0. The Morgan fingerprint density at radius 2 is 2.67 bits per heavy atom. The van der Waals surface area contributed by atoms with Crippen LogP contribution in [0.4, 0.5) is 5.82 Å². The molecule has 0 saturated carbocycles. The minimum atomic E-state index is 0.606. The predicted octanol–water partition coefficient (Wildman–Crippen LogP) is -0.00810. The molecule has 0 aliphatic heterocycles. The molecule has 1 heterocycles. The van der Waals surface area contributed by atoms with Crippen LogP contribution in [-0.4, -0.2) is 9.97 Å². The molecule has 0 fully saturated rings. The Morgan fingerprint density at radius 1 is 1.83 bits per heavy atom. The van der Waals surface area contributed by atoms with Crippen LogP contribution < -0.4 is 5.73 Å². The zero-order chi connectivity index (χ0) is 4.41. The zero-order valence-electron chi connectivity index (χ0n) is 3.18. The number of nitrogens with one attached hydrogen (secondary N) is 1. The highest BCUT2D eigenvalue weighted by Gasteiger charge is 1.74. The molecule has 1 aromatic heterocycles. The van der Waals surface area contributed by atoms with Crippen LogP contribution in [0.25, 0.3) is 0 Å². The fourth-order valence-electron chi connectivity index (χ4n) is 0.267. The Balaban J connectivity index is 3.05. The van der Waals surface area contributed by atoms with E-state index < -0.39 is 0 Å². The lowest BCUT2D eigenvalue weighted by atomic mass is 10.8. The average Bonchev–Trinajstić information content (AvgIpc) is 1.86. The van der Waals surface area contributed by atoms with Gasteiger partial charge in [0.15, 0.2) is 0 Å². The van der Waals surface area contributed by atoms with Crippen LogP contribution >= 0.6 is 0 Å². The zero-order valence-corrected chi connectivity index (χ0v) is 3.18. The van der Waals surface area contributed by atoms with Crippen LogP contribution in [0.5, 0.6) is 0 Å². The lowest BCUT2D eigenvalue weighted by Crippen LogP contribution is -1.79. The third kappa shape index (κ3) is 0.337. The number of nitrogens with zero attached hydrogens (tertiary/aromatic N) is 1. The number of imidazole rings is 1. The van der Waals surface area contributed by atoms with E-state index in [0.29, 0.717) is 5.82 Å². The molecule has 3 nitrogen and oxygen atoms in total. The van der Waals surface area contributed by atoms with Crippen molar-refractivity contribution in [3.8, 4) is 0 Å². The summed E-state index contributed by atoms with van der Waals surface area (Å²) in [5, 5.41) is 0. The summed E-state index contributed by atoms with van der Waals surface area (Å²) in [4.78, 5) is 6.31. The van der Waals surface area contributed by atoms with Gasteiger partial charge in [-0.1, -0.05) is 0 Å². The molecule has 1 aromatic rings. The SMILES string of the molecule is Nc1cnc[nH]1. The maximum Gasteiger partial charge on any atom is 0.120 e. The van der Waals surface area contributed by atoms with Crippen LogP contribution in [0.3, 0.4) is 0 Å². The minimum absolute atomic E-state index is 0.606. The van der Waals surface area contributed by atoms with Gasteiger partial charge in [-0.3, -0.25) is 0 Å². The number of rotatable bonds is 0. The van der Waals surface area contributed by atoms with Gasteiger partial charge in [0.2, 0.25) is 0 Å². The van der Waals surface area contributed by atoms with Gasteiger partial charge >= 0.3 is 0 Å². The molecular weight excluding hydrogens is 78.1 g/mol. The van der Waals surface area contributed by atoms with Crippen molar-refractivity contribution in [2.75, 3.05) is 5.73 Å². The lowest BCUT2D eigenvalue weighted by Gasteiger charge is -1.70. The largest absolute Gasteiger partial charge is 0.384 e. The average molecular weight is 83.1 g/mol. The van der Waals surface area contributed by atoms with Crippen molar-refractivity contribution in [3.63, 3.8) is 0 Å². The van der Waals surface area contributed by atoms with Gasteiger partial charge < -0.3 is 10.7 Å². The van der Waals surface area contributed by atoms with Crippen molar-refractivity contribution in [2.45, 2.75) is 0 Å². The standard InChI is InChI=1S/C3H5N3/c4-3-1-5-2-6-3/h1-2H,4H2,(H,5,6). The molecule has 0 spiro atoms. The Bertz CT molecular complexity index is 110. The summed E-state index contributed by atoms with van der Waals surface area (Å²) in [6.07, 6.45) is 3.09. The minimum Gasteiger partial charge on any atom is -0.384 e. The number of H-pyrrole nitrogens is 1. The Hall–Kier alpha value is -0.990. The second-order valence-corrected chi connectivity index (χ2v) is 1.01. The molecule has 0 amide bonds. The van der Waals surface area contributed by atoms with E-state index in [2.05, 4.69) is 9.97 Å². The number of hydrogen-bond acceptors (Lipinski definition) is 2. The summed E-state index contributed by atoms with van der Waals surface area (Å²) in [6.45, 7) is 0. The maximum atomic E-state index is 5.16. The van der Waals surface area contributed by atoms with E-state index in [-0.39, 0.29) is 0 Å². The highest BCUT2D eigenvalue weighted by atomic mass is 14.9. The normalized spacial score (nSPS) is 8.67. The smallest absolute Gasteiger partial charge is 0.120 e. The Kier molecular flexibility index (Phi) is 0.538. The molecule has 0 atom stereocenters. The van der Waals surface area contributed by atoms with E-state index in [9.17, 15) is 0 Å². The van der Waals surface area contributed by atoms with Crippen molar-refractivity contribution in [2.24, 2.45) is 0 Å². The van der Waals surface area contributed by atoms with E-state index in [1.807, 2.05) is 0 Å². The molecule has 0 aromatic carbocycles. The van der Waals surface area contributed by atoms with Gasteiger partial charge in [-0.15, -0.1) is 0 Å². The summed E-state index contributed by atoms with van der Waals surface area (Å²) in [5.41, 5.74) is 5.16. The summed E-state index contributed by atoms with van der Waals surface area (Å²) < 4.78 is 0. The first-order valence-electron chi connectivity index (χ1n) is 1.63. The van der Waals surface area contributed by atoms with E-state index in [0.717, 1.165) is 0 Å². The first-order valence-corrected chi connectivity index (χ1v) is 1.63. The number of aromatic nitrogens is 2. The molecular formula is C3H5N3. The van der Waals surface area contributed by atoms with E-state index in [1.54, 1.807) is 6.20 Å². The third-order valence-electron chi connectivity index (χ3n) is 0.519. The molecule has 0 radical (unpaired) electrons. The van der Waals surface area contributed by atoms with Crippen LogP contribution in [0.2, 0.25) is 0 Å². The van der Waals surface area contributed by atoms with Crippen molar-refractivity contribution >= 4 is 5.82 Å². The van der Waals surface area contributed by atoms with Crippen molar-refractivity contribution in [1.82, 2.24) is 9.97 Å². The monoisotopic (exact) mass is 83.0 g/mol. The van der Waals surface area contributed by atoms with Crippen molar-refractivity contribution in [1.29, 1.82) is 0 Å². The lowest BCUT2D eigenvalue weighted by molar-refractivity contribution is 1.32. The molecule has 32 valence electrons. The van der Waals surface area contributed by atoms with Crippen molar-refractivity contribution < 1.29 is 0 Å². The highest BCUT2D eigenvalue weighted by molar-refractivity contribution is 5.20. The quantitative estimate of drug-likeness (QED) is 0.463. The molecule has 1 rings (SSSR count). The van der Waals surface area contributed by atoms with Gasteiger partial charge in [0, 0.05) is 0 Å². The number of aromatic amines is 1. The molecule has 0 aliphatic rings. The molecule has 0 unspecified atom stereocenters. The Morgan fingerprint density at radius 3 is 2.83 bits per heavy atom. The molecule has 0 aliphatic carbocycles. The van der Waals surface area contributed by atoms with Gasteiger partial charge in [-0.05, 0) is 0 Å². The molecule has 0 bridgehead atoms. The first-order chi connectivity index (χ1) is 2.89. The molecule has 6 heavy (non-hydrogen) atoms. The van der Waals surface area contributed by atoms with Gasteiger partial charge in [0.1, 0.15) is 5.82 Å². The predicted molar refractivity (Wildman–Crippen MR) is 23.0 cm³/mol. The third-order valence-corrected chi connectivity index (χ3v) is 0.519. The van der Waals surface area contributed by atoms with E-state index in [1.165, 1.54) is 6.33 Å². The summed E-state index contributed by atoms with van der Waals surface area (Å²) in [7, 11) is 0. The van der Waals surface area contributed by atoms with E-state index in [4.69, 9.17) is 5.73 Å². The number of nitrogen functional groups attached to an aromatic ring is 1. The van der Waals surface area contributed by atoms with Crippen LogP contribution in [0, 0.1) is 0 Å². The molecule has 0 saturated heterocycles. The highest BCUT2D eigenvalue weighted by Crippen LogP contribution is 1.84. The second-order valence-electron chi connectivity index (χ2n) is 1.01. The van der Waals surface area contributed by atoms with Crippen LogP contribution in [-0.2, 0) is 0 Å². The fraction of sp³-hybridized carbons (Fsp3) is 0. The molecule has 3 N–H and O–H groups in total. The van der Waals surface area contributed by atoms with Gasteiger partial charge in [0.25, 0.3) is 0 Å². The van der Waals surface area contributed by atoms with Crippen LogP contribution in [0.15, 0.2) is 12.5 Å². The maximum absolute atomic E-state index is 5.16. The fourth-order valence-corrected chi connectivity index (χ4v) is 0.267. The van der Waals surface area contributed by atoms with Gasteiger partial charge in [-0.25, -0.2) is 4.98 Å². The van der Waals surface area contributed by atoms with E-state index >= 15 is 0 Å². The van der Waals surface area contributed by atoms with Gasteiger partial charge in [-0.2, -0.15) is 0 Å². The Labute approximate surface area is 35.2 Å². The summed E-state index contributed by atoms with van der Waals surface area (Å²) in [5.74, 6) is 0.606. The first kappa shape index (κ1) is 3.21. The topological polar surface area (TPSA) is 54.7 Å².